The van der Waals surface area contributed by atoms with Crippen LogP contribution in [0, 0.1) is 17.7 Å². The first-order valence-electron chi connectivity index (χ1n) is 11.9. The molecular weight excluding hydrogens is 498 g/mol. The van der Waals surface area contributed by atoms with Crippen molar-refractivity contribution in [1.29, 1.82) is 0 Å². The third-order valence-electron chi connectivity index (χ3n) is 6.83. The molecule has 3 aromatic rings. The molecule has 2 unspecified atom stereocenters. The SMILES string of the molecule is C=C(C(=O)c1c(Cl)cccc1Cl)c1cccc(F)c1CC(CCc1ccc(C(=O)O)cc1)C(C)CC. The summed E-state index contributed by atoms with van der Waals surface area (Å²) in [5.74, 6) is -1.34. The summed E-state index contributed by atoms with van der Waals surface area (Å²) in [6.07, 6.45) is 2.87. The Kier molecular flexibility index (Phi) is 9.47. The third-order valence-corrected chi connectivity index (χ3v) is 7.46. The van der Waals surface area contributed by atoms with Crippen LogP contribution < -0.4 is 0 Å². The fourth-order valence-corrected chi connectivity index (χ4v) is 4.96. The van der Waals surface area contributed by atoms with Gasteiger partial charge in [-0.25, -0.2) is 9.18 Å². The minimum Gasteiger partial charge on any atom is -0.478 e. The quantitative estimate of drug-likeness (QED) is 0.201. The first kappa shape index (κ1) is 27.6. The predicted molar refractivity (Wildman–Crippen MR) is 145 cm³/mol. The van der Waals surface area contributed by atoms with Gasteiger partial charge in [-0.05, 0) is 78.1 Å². The average molecular weight is 527 g/mol. The van der Waals surface area contributed by atoms with Gasteiger partial charge in [-0.1, -0.05) is 80.4 Å². The maximum absolute atomic E-state index is 15.2. The minimum absolute atomic E-state index is 0.136. The maximum atomic E-state index is 15.2. The summed E-state index contributed by atoms with van der Waals surface area (Å²) >= 11 is 12.5. The first-order chi connectivity index (χ1) is 17.1. The van der Waals surface area contributed by atoms with Crippen molar-refractivity contribution in [1.82, 2.24) is 0 Å². The summed E-state index contributed by atoms with van der Waals surface area (Å²) in [5, 5.41) is 9.56. The number of allylic oxidation sites excluding steroid dienone is 1. The van der Waals surface area contributed by atoms with Gasteiger partial charge in [0, 0.05) is 5.57 Å². The summed E-state index contributed by atoms with van der Waals surface area (Å²) in [6.45, 7) is 8.23. The van der Waals surface area contributed by atoms with Crippen LogP contribution in [0.2, 0.25) is 10.0 Å². The standard InChI is InChI=1S/C30H29Cl2FO3/c1-4-18(2)22(16-13-20-11-14-21(15-12-20)30(35)36)17-24-23(7-5-10-27(24)33)19(3)29(34)28-25(31)8-6-9-26(28)32/h5-12,14-15,18,22H,3-4,13,16-17H2,1-2H3,(H,35,36). The second-order valence-corrected chi connectivity index (χ2v) is 9.88. The molecule has 36 heavy (non-hydrogen) atoms. The van der Waals surface area contributed by atoms with Crippen LogP contribution in [0.4, 0.5) is 4.39 Å². The highest BCUT2D eigenvalue weighted by Crippen LogP contribution is 2.34. The molecule has 3 aromatic carbocycles. The number of aryl methyl sites for hydroxylation is 1. The van der Waals surface area contributed by atoms with E-state index in [2.05, 4.69) is 20.4 Å². The Morgan fingerprint density at radius 1 is 1.00 bits per heavy atom. The lowest BCUT2D eigenvalue weighted by Gasteiger charge is -2.25. The second kappa shape index (κ2) is 12.3. The molecule has 6 heteroatoms. The number of halogens is 3. The summed E-state index contributed by atoms with van der Waals surface area (Å²) in [7, 11) is 0. The molecule has 0 heterocycles. The van der Waals surface area contributed by atoms with Crippen molar-refractivity contribution in [2.75, 3.05) is 0 Å². The normalized spacial score (nSPS) is 12.7. The molecule has 0 bridgehead atoms. The van der Waals surface area contributed by atoms with Gasteiger partial charge < -0.3 is 5.11 Å². The maximum Gasteiger partial charge on any atom is 0.335 e. The van der Waals surface area contributed by atoms with Gasteiger partial charge in [-0.2, -0.15) is 0 Å². The highest BCUT2D eigenvalue weighted by molar-refractivity contribution is 6.44. The van der Waals surface area contributed by atoms with Crippen molar-refractivity contribution in [3.8, 4) is 0 Å². The second-order valence-electron chi connectivity index (χ2n) is 9.06. The van der Waals surface area contributed by atoms with Gasteiger partial charge in [0.25, 0.3) is 0 Å². The van der Waals surface area contributed by atoms with Crippen molar-refractivity contribution >= 4 is 40.5 Å². The summed E-state index contributed by atoms with van der Waals surface area (Å²) in [4.78, 5) is 24.4. The van der Waals surface area contributed by atoms with E-state index >= 15 is 4.39 Å². The number of carbonyl (C=O) groups excluding carboxylic acids is 1. The van der Waals surface area contributed by atoms with E-state index in [1.54, 1.807) is 42.5 Å². The number of Topliss-reactive ketones (excluding diaryl/α,β-unsaturated/α-hetero) is 1. The highest BCUT2D eigenvalue weighted by Gasteiger charge is 2.25. The van der Waals surface area contributed by atoms with E-state index in [1.165, 1.54) is 6.07 Å². The van der Waals surface area contributed by atoms with Crippen LogP contribution in [-0.4, -0.2) is 16.9 Å². The zero-order chi connectivity index (χ0) is 26.4. The van der Waals surface area contributed by atoms with Crippen LogP contribution in [0.5, 0.6) is 0 Å². The molecule has 0 saturated carbocycles. The molecule has 3 nitrogen and oxygen atoms in total. The molecule has 0 aliphatic carbocycles. The van der Waals surface area contributed by atoms with E-state index in [1.807, 2.05) is 12.1 Å². The third kappa shape index (κ3) is 6.43. The Bertz CT molecular complexity index is 1250. The van der Waals surface area contributed by atoms with E-state index in [0.29, 0.717) is 23.5 Å². The lowest BCUT2D eigenvalue weighted by atomic mass is 9.80. The van der Waals surface area contributed by atoms with Gasteiger partial charge in [0.1, 0.15) is 5.82 Å². The molecule has 0 aliphatic heterocycles. The Balaban J connectivity index is 1.87. The molecule has 0 amide bonds. The van der Waals surface area contributed by atoms with Crippen LogP contribution in [0.25, 0.3) is 5.57 Å². The van der Waals surface area contributed by atoms with E-state index in [0.717, 1.165) is 24.8 Å². The Morgan fingerprint density at radius 3 is 2.19 bits per heavy atom. The Morgan fingerprint density at radius 2 is 1.61 bits per heavy atom. The topological polar surface area (TPSA) is 54.4 Å². The molecule has 0 fully saturated rings. The number of benzene rings is 3. The zero-order valence-electron chi connectivity index (χ0n) is 20.4. The van der Waals surface area contributed by atoms with Gasteiger partial charge in [0.2, 0.25) is 0 Å². The van der Waals surface area contributed by atoms with Gasteiger partial charge >= 0.3 is 5.97 Å². The molecule has 2 atom stereocenters. The molecular formula is C30H29Cl2FO3. The van der Waals surface area contributed by atoms with Gasteiger partial charge in [0.15, 0.2) is 5.78 Å². The number of rotatable bonds is 11. The number of hydrogen-bond donors (Lipinski definition) is 1. The van der Waals surface area contributed by atoms with E-state index < -0.39 is 11.8 Å². The van der Waals surface area contributed by atoms with Crippen molar-refractivity contribution in [3.05, 3.63) is 111 Å². The van der Waals surface area contributed by atoms with Crippen LogP contribution >= 0.6 is 23.2 Å². The van der Waals surface area contributed by atoms with Gasteiger partial charge in [0.05, 0.1) is 21.2 Å². The molecule has 0 spiro atoms. The highest BCUT2D eigenvalue weighted by atomic mass is 35.5. The molecule has 0 aliphatic rings. The van der Waals surface area contributed by atoms with Crippen LogP contribution in [-0.2, 0) is 12.8 Å². The smallest absolute Gasteiger partial charge is 0.335 e. The fraction of sp³-hybridized carbons (Fsp3) is 0.267. The number of aromatic carboxylic acids is 1. The fourth-order valence-electron chi connectivity index (χ4n) is 4.39. The van der Waals surface area contributed by atoms with Crippen molar-refractivity contribution in [2.24, 2.45) is 11.8 Å². The molecule has 0 aromatic heterocycles. The van der Waals surface area contributed by atoms with Crippen molar-refractivity contribution < 1.29 is 19.1 Å². The minimum atomic E-state index is -0.959. The largest absolute Gasteiger partial charge is 0.478 e. The molecule has 3 rings (SSSR count). The number of carboxylic acid groups (broad SMARTS) is 1. The summed E-state index contributed by atoms with van der Waals surface area (Å²) in [6, 6.07) is 16.3. The van der Waals surface area contributed by atoms with Crippen LogP contribution in [0.1, 0.15) is 64.1 Å². The molecule has 188 valence electrons. The van der Waals surface area contributed by atoms with Crippen LogP contribution in [0.3, 0.4) is 0 Å². The van der Waals surface area contributed by atoms with Crippen molar-refractivity contribution in [3.63, 3.8) is 0 Å². The number of ketones is 1. The number of hydrogen-bond acceptors (Lipinski definition) is 2. The summed E-state index contributed by atoms with van der Waals surface area (Å²) < 4.78 is 15.2. The Labute approximate surface area is 221 Å². The molecule has 0 saturated heterocycles. The number of carboxylic acids is 1. The van der Waals surface area contributed by atoms with Gasteiger partial charge in [-0.3, -0.25) is 4.79 Å². The summed E-state index contributed by atoms with van der Waals surface area (Å²) in [5.41, 5.74) is 2.47. The van der Waals surface area contributed by atoms with Gasteiger partial charge in [-0.15, -0.1) is 0 Å². The molecule has 0 radical (unpaired) electrons. The monoisotopic (exact) mass is 526 g/mol. The average Bonchev–Trinajstić information content (AvgIpc) is 2.86. The van der Waals surface area contributed by atoms with Crippen LogP contribution in [0.15, 0.2) is 67.2 Å². The lowest BCUT2D eigenvalue weighted by Crippen LogP contribution is -2.18. The van der Waals surface area contributed by atoms with E-state index in [4.69, 9.17) is 28.3 Å². The Hall–Kier alpha value is -2.95. The zero-order valence-corrected chi connectivity index (χ0v) is 21.9. The van der Waals surface area contributed by atoms with E-state index in [9.17, 15) is 9.59 Å². The lowest BCUT2D eigenvalue weighted by molar-refractivity contribution is 0.0696. The predicted octanol–water partition coefficient (Wildman–Crippen LogP) is 8.56. The molecule has 1 N–H and O–H groups in total. The first-order valence-corrected chi connectivity index (χ1v) is 12.7. The van der Waals surface area contributed by atoms with Crippen molar-refractivity contribution in [2.45, 2.75) is 39.5 Å². The van der Waals surface area contributed by atoms with E-state index in [-0.39, 0.29) is 38.5 Å². The number of carbonyl (C=O) groups is 2.